The molecule has 166 valence electrons. The lowest BCUT2D eigenvalue weighted by Gasteiger charge is -2.52. The minimum absolute atomic E-state index is 0.207. The number of anilines is 1. The second-order valence-corrected chi connectivity index (χ2v) is 10.3. The van der Waals surface area contributed by atoms with Gasteiger partial charge in [-0.3, -0.25) is 10.00 Å². The number of fused-ring (bicyclic) bond motifs is 1. The molecule has 2 fully saturated rings. The van der Waals surface area contributed by atoms with Crippen molar-refractivity contribution in [2.75, 3.05) is 31.1 Å². The third-order valence-electron chi connectivity index (χ3n) is 6.43. The number of hydrogen-bond acceptors (Lipinski definition) is 6. The Morgan fingerprint density at radius 3 is 2.71 bits per heavy atom. The predicted octanol–water partition coefficient (Wildman–Crippen LogP) is 4.43. The van der Waals surface area contributed by atoms with Crippen LogP contribution in [0.1, 0.15) is 36.8 Å². The molecule has 2 aliphatic heterocycles. The molecule has 0 aromatic carbocycles. The van der Waals surface area contributed by atoms with Gasteiger partial charge in [-0.2, -0.15) is 18.3 Å². The summed E-state index contributed by atoms with van der Waals surface area (Å²) in [6, 6.07) is 1.96. The minimum atomic E-state index is -4.22. The van der Waals surface area contributed by atoms with Gasteiger partial charge in [0, 0.05) is 54.3 Å². The minimum Gasteiger partial charge on any atom is -0.355 e. The van der Waals surface area contributed by atoms with Gasteiger partial charge in [0.25, 0.3) is 0 Å². The van der Waals surface area contributed by atoms with Gasteiger partial charge in [0.15, 0.2) is 0 Å². The van der Waals surface area contributed by atoms with Crippen LogP contribution in [0, 0.1) is 11.3 Å². The summed E-state index contributed by atoms with van der Waals surface area (Å²) in [5.41, 5.74) is 1.42. The predicted molar refractivity (Wildman–Crippen MR) is 114 cm³/mol. The smallest absolute Gasteiger partial charge is 0.355 e. The molecule has 1 atom stereocenters. The fraction of sp³-hybridized carbons (Fsp3) is 0.571. The number of aromatic nitrogens is 4. The quantitative estimate of drug-likeness (QED) is 0.623. The van der Waals surface area contributed by atoms with E-state index in [0.717, 1.165) is 55.1 Å². The molecular weight excluding hydrogens is 425 g/mol. The number of likely N-dealkylation sites (tertiary alicyclic amines) is 1. The molecule has 2 aliphatic rings. The molecule has 0 radical (unpaired) electrons. The molecule has 3 aromatic rings. The van der Waals surface area contributed by atoms with Crippen LogP contribution in [0.3, 0.4) is 0 Å². The van der Waals surface area contributed by atoms with Crippen molar-refractivity contribution in [1.29, 1.82) is 0 Å². The monoisotopic (exact) mass is 450 g/mol. The van der Waals surface area contributed by atoms with E-state index >= 15 is 0 Å². The first-order chi connectivity index (χ1) is 14.7. The molecule has 1 spiro atoms. The van der Waals surface area contributed by atoms with E-state index in [9.17, 15) is 13.2 Å². The number of alkyl halides is 3. The third kappa shape index (κ3) is 3.91. The Morgan fingerprint density at radius 1 is 1.23 bits per heavy atom. The Labute approximate surface area is 182 Å². The summed E-state index contributed by atoms with van der Waals surface area (Å²) in [5, 5.41) is 7.77. The summed E-state index contributed by atoms with van der Waals surface area (Å²) in [4.78, 5) is 14.3. The lowest BCUT2D eigenvalue weighted by molar-refractivity contribution is -0.126. The SMILES string of the molecule is CC(C)[C@H](c1cn[nH]c1)N1CC2(CCN(c3ncnc4sc(CC(F)(F)F)cc34)C2)C1. The van der Waals surface area contributed by atoms with E-state index in [1.807, 2.05) is 12.4 Å². The van der Waals surface area contributed by atoms with E-state index in [0.29, 0.717) is 16.8 Å². The number of thiophene rings is 1. The highest BCUT2D eigenvalue weighted by Crippen LogP contribution is 2.47. The number of H-pyrrole nitrogens is 1. The molecule has 0 bridgehead atoms. The van der Waals surface area contributed by atoms with Gasteiger partial charge in [0.1, 0.15) is 17.0 Å². The summed E-state index contributed by atoms with van der Waals surface area (Å²) < 4.78 is 38.5. The molecule has 10 heteroatoms. The number of aromatic amines is 1. The van der Waals surface area contributed by atoms with Crippen molar-refractivity contribution in [3.05, 3.63) is 35.2 Å². The Hall–Kier alpha value is -2.20. The first kappa shape index (κ1) is 20.7. The van der Waals surface area contributed by atoms with Crippen LogP contribution in [0.5, 0.6) is 0 Å². The van der Waals surface area contributed by atoms with Gasteiger partial charge in [-0.15, -0.1) is 11.3 Å². The molecule has 2 saturated heterocycles. The van der Waals surface area contributed by atoms with Crippen LogP contribution in [0.2, 0.25) is 0 Å². The zero-order valence-corrected chi connectivity index (χ0v) is 18.3. The highest BCUT2D eigenvalue weighted by molar-refractivity contribution is 7.18. The molecular formula is C21H25F3N6S. The molecule has 0 unspecified atom stereocenters. The van der Waals surface area contributed by atoms with Crippen molar-refractivity contribution in [2.24, 2.45) is 11.3 Å². The highest BCUT2D eigenvalue weighted by Gasteiger charge is 2.50. The fourth-order valence-electron chi connectivity index (χ4n) is 5.26. The standard InChI is InChI=1S/C21H25F3N6S/c1-13(2)17(14-7-27-28-8-14)30-10-20(11-30)3-4-29(9-20)18-16-5-15(6-21(22,23)24)31-19(16)26-12-25-18/h5,7-8,12-13,17H,3-4,6,9-11H2,1-2H3,(H,27,28)/t17-/m1/s1. The normalized spacial score (nSPS) is 20.1. The van der Waals surface area contributed by atoms with Crippen LogP contribution < -0.4 is 4.90 Å². The second-order valence-electron chi connectivity index (χ2n) is 9.22. The highest BCUT2D eigenvalue weighted by atomic mass is 32.1. The van der Waals surface area contributed by atoms with Gasteiger partial charge in [-0.1, -0.05) is 13.8 Å². The van der Waals surface area contributed by atoms with Gasteiger partial charge >= 0.3 is 6.18 Å². The van der Waals surface area contributed by atoms with E-state index < -0.39 is 12.6 Å². The van der Waals surface area contributed by atoms with E-state index in [-0.39, 0.29) is 10.3 Å². The molecule has 0 saturated carbocycles. The van der Waals surface area contributed by atoms with Crippen molar-refractivity contribution >= 4 is 27.4 Å². The summed E-state index contributed by atoms with van der Waals surface area (Å²) in [7, 11) is 0. The van der Waals surface area contributed by atoms with E-state index in [4.69, 9.17) is 0 Å². The molecule has 1 N–H and O–H groups in total. The van der Waals surface area contributed by atoms with E-state index in [1.54, 1.807) is 6.07 Å². The van der Waals surface area contributed by atoms with Crippen molar-refractivity contribution in [3.8, 4) is 0 Å². The largest absolute Gasteiger partial charge is 0.393 e. The molecule has 3 aromatic heterocycles. The van der Waals surface area contributed by atoms with Gasteiger partial charge < -0.3 is 4.90 Å². The molecule has 0 aliphatic carbocycles. The average Bonchev–Trinajstić information content (AvgIpc) is 3.38. The molecule has 31 heavy (non-hydrogen) atoms. The number of hydrogen-bond donors (Lipinski definition) is 1. The van der Waals surface area contributed by atoms with Crippen LogP contribution >= 0.6 is 11.3 Å². The van der Waals surface area contributed by atoms with Crippen LogP contribution in [0.25, 0.3) is 10.2 Å². The van der Waals surface area contributed by atoms with Gasteiger partial charge in [0.05, 0.1) is 18.0 Å². The molecule has 5 rings (SSSR count). The first-order valence-electron chi connectivity index (χ1n) is 10.5. The zero-order valence-electron chi connectivity index (χ0n) is 17.5. The Kier molecular flexibility index (Phi) is 4.97. The van der Waals surface area contributed by atoms with Crippen LogP contribution in [0.15, 0.2) is 24.8 Å². The maximum Gasteiger partial charge on any atom is 0.393 e. The summed E-state index contributed by atoms with van der Waals surface area (Å²) in [6.45, 7) is 8.22. The Morgan fingerprint density at radius 2 is 2.03 bits per heavy atom. The third-order valence-corrected chi connectivity index (χ3v) is 7.48. The van der Waals surface area contributed by atoms with Gasteiger partial charge in [-0.25, -0.2) is 9.97 Å². The van der Waals surface area contributed by atoms with Crippen LogP contribution in [0.4, 0.5) is 19.0 Å². The topological polar surface area (TPSA) is 60.9 Å². The second kappa shape index (κ2) is 7.44. The number of rotatable bonds is 5. The summed E-state index contributed by atoms with van der Waals surface area (Å²) in [6.07, 6.45) is 1.27. The van der Waals surface area contributed by atoms with Crippen LogP contribution in [-0.4, -0.2) is 57.4 Å². The fourth-order valence-corrected chi connectivity index (χ4v) is 6.28. The van der Waals surface area contributed by atoms with Gasteiger partial charge in [-0.05, 0) is 18.4 Å². The van der Waals surface area contributed by atoms with Crippen molar-refractivity contribution < 1.29 is 13.2 Å². The average molecular weight is 451 g/mol. The Bertz CT molecular complexity index is 1050. The lowest BCUT2D eigenvalue weighted by atomic mass is 9.76. The van der Waals surface area contributed by atoms with Crippen molar-refractivity contribution in [3.63, 3.8) is 0 Å². The van der Waals surface area contributed by atoms with E-state index in [2.05, 4.69) is 43.8 Å². The molecule has 5 heterocycles. The van der Waals surface area contributed by atoms with Crippen molar-refractivity contribution in [2.45, 2.75) is 38.9 Å². The number of halogens is 3. The van der Waals surface area contributed by atoms with Gasteiger partial charge in [0.2, 0.25) is 0 Å². The maximum absolute atomic E-state index is 12.8. The number of nitrogens with one attached hydrogen (secondary N) is 1. The van der Waals surface area contributed by atoms with Crippen LogP contribution in [-0.2, 0) is 6.42 Å². The zero-order chi connectivity index (χ0) is 21.8. The van der Waals surface area contributed by atoms with E-state index in [1.165, 1.54) is 11.9 Å². The summed E-state index contributed by atoms with van der Waals surface area (Å²) >= 11 is 1.11. The number of nitrogens with zero attached hydrogens (tertiary/aromatic N) is 5. The maximum atomic E-state index is 12.8. The van der Waals surface area contributed by atoms with Crippen molar-refractivity contribution in [1.82, 2.24) is 25.1 Å². The summed E-state index contributed by atoms with van der Waals surface area (Å²) in [5.74, 6) is 1.24. The molecule has 6 nitrogen and oxygen atoms in total. The Balaban J connectivity index is 1.32. The first-order valence-corrected chi connectivity index (χ1v) is 11.3. The lowest BCUT2D eigenvalue weighted by Crippen LogP contribution is -2.59. The molecule has 0 amide bonds.